The van der Waals surface area contributed by atoms with Crippen LogP contribution in [0.15, 0.2) is 12.1 Å². The maximum atomic E-state index is 11.7. The Labute approximate surface area is 114 Å². The third-order valence-electron chi connectivity index (χ3n) is 2.36. The number of Topliss-reactive ketones (excluding diaryl/α,β-unsaturated/α-hetero) is 1. The van der Waals surface area contributed by atoms with Crippen LogP contribution >= 0.6 is 11.3 Å². The summed E-state index contributed by atoms with van der Waals surface area (Å²) in [6.07, 6.45) is 1.76. The second kappa shape index (κ2) is 7.63. The van der Waals surface area contributed by atoms with Crippen LogP contribution in [0.1, 0.15) is 42.3 Å². The van der Waals surface area contributed by atoms with Crippen molar-refractivity contribution in [1.82, 2.24) is 0 Å². The van der Waals surface area contributed by atoms with Crippen molar-refractivity contribution in [3.8, 4) is 0 Å². The van der Waals surface area contributed by atoms with Crippen molar-refractivity contribution in [2.45, 2.75) is 32.6 Å². The van der Waals surface area contributed by atoms with E-state index in [2.05, 4.69) is 0 Å². The third kappa shape index (κ3) is 5.17. The molecule has 7 heteroatoms. The molecule has 0 unspecified atom stereocenters. The summed E-state index contributed by atoms with van der Waals surface area (Å²) < 4.78 is 4.92. The lowest BCUT2D eigenvalue weighted by atomic mass is 10.2. The van der Waals surface area contributed by atoms with E-state index in [0.717, 1.165) is 24.2 Å². The second-order valence-electron chi connectivity index (χ2n) is 3.89. The summed E-state index contributed by atoms with van der Waals surface area (Å²) in [7, 11) is 0. The Morgan fingerprint density at radius 3 is 2.68 bits per heavy atom. The molecule has 0 aliphatic heterocycles. The number of nitro groups is 1. The molecule has 1 heterocycles. The molecule has 0 saturated heterocycles. The van der Waals surface area contributed by atoms with Gasteiger partial charge in [-0.25, -0.2) is 0 Å². The van der Waals surface area contributed by atoms with Gasteiger partial charge in [0.2, 0.25) is 0 Å². The Kier molecular flexibility index (Phi) is 6.14. The fourth-order valence-electron chi connectivity index (χ4n) is 1.32. The molecule has 0 saturated carbocycles. The highest BCUT2D eigenvalue weighted by molar-refractivity contribution is 7.17. The van der Waals surface area contributed by atoms with Gasteiger partial charge in [-0.15, -0.1) is 0 Å². The first-order valence-electron chi connectivity index (χ1n) is 5.97. The number of carbonyl (C=O) groups is 2. The quantitative estimate of drug-likeness (QED) is 0.241. The van der Waals surface area contributed by atoms with Gasteiger partial charge in [-0.2, -0.15) is 0 Å². The number of carbonyl (C=O) groups excluding carboxylic acids is 2. The average molecular weight is 285 g/mol. The Bertz CT molecular complexity index is 468. The van der Waals surface area contributed by atoms with Crippen molar-refractivity contribution in [3.05, 3.63) is 27.1 Å². The minimum atomic E-state index is -0.541. The minimum absolute atomic E-state index is 0.00818. The first kappa shape index (κ1) is 15.3. The van der Waals surface area contributed by atoms with Crippen LogP contribution in [0.2, 0.25) is 0 Å². The molecule has 0 amide bonds. The molecule has 1 aromatic rings. The van der Waals surface area contributed by atoms with Crippen LogP contribution in [0.5, 0.6) is 0 Å². The van der Waals surface area contributed by atoms with Crippen LogP contribution in [0.4, 0.5) is 5.00 Å². The zero-order valence-electron chi connectivity index (χ0n) is 10.6. The van der Waals surface area contributed by atoms with Gasteiger partial charge in [-0.1, -0.05) is 24.7 Å². The standard InChI is InChI=1S/C12H15NO5S/c1-2-3-8-18-12(15)7-4-9(14)10-5-6-11(19-10)13(16)17/h5-6H,2-4,7-8H2,1H3. The fraction of sp³-hybridized carbons (Fsp3) is 0.500. The number of thiophene rings is 1. The van der Waals surface area contributed by atoms with Gasteiger partial charge in [0.25, 0.3) is 0 Å². The molecule has 0 N–H and O–H groups in total. The smallest absolute Gasteiger partial charge is 0.324 e. The van der Waals surface area contributed by atoms with Gasteiger partial charge in [0.15, 0.2) is 5.78 Å². The molecule has 0 aliphatic rings. The molecular formula is C12H15NO5S. The number of nitrogens with zero attached hydrogens (tertiary/aromatic N) is 1. The van der Waals surface area contributed by atoms with Crippen LogP contribution in [-0.2, 0) is 9.53 Å². The summed E-state index contributed by atoms with van der Waals surface area (Å²) in [5.74, 6) is -0.682. The van der Waals surface area contributed by atoms with Gasteiger partial charge in [-0.05, 0) is 12.5 Å². The van der Waals surface area contributed by atoms with E-state index < -0.39 is 10.9 Å². The molecule has 0 radical (unpaired) electrons. The number of hydrogen-bond acceptors (Lipinski definition) is 6. The molecule has 0 bridgehead atoms. The second-order valence-corrected chi connectivity index (χ2v) is 4.95. The molecular weight excluding hydrogens is 270 g/mol. The van der Waals surface area contributed by atoms with Crippen molar-refractivity contribution in [3.63, 3.8) is 0 Å². The number of rotatable bonds is 8. The summed E-state index contributed by atoms with van der Waals surface area (Å²) in [6.45, 7) is 2.36. The highest BCUT2D eigenvalue weighted by Crippen LogP contribution is 2.25. The van der Waals surface area contributed by atoms with Gasteiger partial charge in [0, 0.05) is 12.5 Å². The molecule has 6 nitrogen and oxygen atoms in total. The molecule has 104 valence electrons. The van der Waals surface area contributed by atoms with Gasteiger partial charge in [-0.3, -0.25) is 19.7 Å². The number of hydrogen-bond donors (Lipinski definition) is 0. The Hall–Kier alpha value is -1.76. The Morgan fingerprint density at radius 2 is 2.11 bits per heavy atom. The van der Waals surface area contributed by atoms with E-state index in [1.165, 1.54) is 12.1 Å². The Balaban J connectivity index is 2.38. The summed E-state index contributed by atoms with van der Waals surface area (Å²) in [6, 6.07) is 2.70. The van der Waals surface area contributed by atoms with E-state index in [1.807, 2.05) is 6.92 Å². The predicted molar refractivity (Wildman–Crippen MR) is 70.4 cm³/mol. The van der Waals surface area contributed by atoms with Gasteiger partial charge in [0.05, 0.1) is 22.8 Å². The molecule has 0 spiro atoms. The van der Waals surface area contributed by atoms with E-state index in [1.54, 1.807) is 0 Å². The Morgan fingerprint density at radius 1 is 1.37 bits per heavy atom. The summed E-state index contributed by atoms with van der Waals surface area (Å²) >= 11 is 0.821. The van der Waals surface area contributed by atoms with Crippen molar-refractivity contribution in [2.75, 3.05) is 6.61 Å². The lowest BCUT2D eigenvalue weighted by Gasteiger charge is -2.02. The van der Waals surface area contributed by atoms with Crippen LogP contribution in [0.25, 0.3) is 0 Å². The van der Waals surface area contributed by atoms with Gasteiger partial charge >= 0.3 is 11.0 Å². The van der Waals surface area contributed by atoms with Crippen LogP contribution in [0, 0.1) is 10.1 Å². The van der Waals surface area contributed by atoms with E-state index in [0.29, 0.717) is 11.5 Å². The summed E-state index contributed by atoms with van der Waals surface area (Å²) in [4.78, 5) is 33.2. The minimum Gasteiger partial charge on any atom is -0.466 e. The number of unbranched alkanes of at least 4 members (excludes halogenated alkanes) is 1. The van der Waals surface area contributed by atoms with E-state index in [9.17, 15) is 19.7 Å². The number of esters is 1. The zero-order chi connectivity index (χ0) is 14.3. The van der Waals surface area contributed by atoms with E-state index >= 15 is 0 Å². The van der Waals surface area contributed by atoms with Crippen LogP contribution in [0.3, 0.4) is 0 Å². The van der Waals surface area contributed by atoms with E-state index in [4.69, 9.17) is 4.74 Å². The zero-order valence-corrected chi connectivity index (χ0v) is 11.4. The summed E-state index contributed by atoms with van der Waals surface area (Å²) in [5, 5.41) is 10.4. The van der Waals surface area contributed by atoms with Crippen molar-refractivity contribution < 1.29 is 19.2 Å². The van der Waals surface area contributed by atoms with Crippen molar-refractivity contribution >= 4 is 28.1 Å². The first-order chi connectivity index (χ1) is 9.04. The van der Waals surface area contributed by atoms with Crippen LogP contribution < -0.4 is 0 Å². The molecule has 19 heavy (non-hydrogen) atoms. The lowest BCUT2D eigenvalue weighted by molar-refractivity contribution is -0.380. The fourth-order valence-corrected chi connectivity index (χ4v) is 2.10. The molecule has 1 aromatic heterocycles. The maximum Gasteiger partial charge on any atom is 0.324 e. The predicted octanol–water partition coefficient (Wildman–Crippen LogP) is 2.96. The highest BCUT2D eigenvalue weighted by atomic mass is 32.1. The number of ether oxygens (including phenoxy) is 1. The topological polar surface area (TPSA) is 86.5 Å². The monoisotopic (exact) mass is 285 g/mol. The van der Waals surface area contributed by atoms with Gasteiger partial charge in [0.1, 0.15) is 0 Å². The molecule has 0 fully saturated rings. The SMILES string of the molecule is CCCCOC(=O)CCC(=O)c1ccc([N+](=O)[O-])s1. The highest BCUT2D eigenvalue weighted by Gasteiger charge is 2.16. The molecule has 0 atom stereocenters. The van der Waals surface area contributed by atoms with Crippen molar-refractivity contribution in [2.24, 2.45) is 0 Å². The van der Waals surface area contributed by atoms with E-state index in [-0.39, 0.29) is 23.6 Å². The molecule has 1 rings (SSSR count). The average Bonchev–Trinajstić information content (AvgIpc) is 2.86. The molecule has 0 aromatic carbocycles. The normalized spacial score (nSPS) is 10.2. The number of ketones is 1. The maximum absolute atomic E-state index is 11.7. The lowest BCUT2D eigenvalue weighted by Crippen LogP contribution is -2.08. The first-order valence-corrected chi connectivity index (χ1v) is 6.79. The largest absolute Gasteiger partial charge is 0.466 e. The summed E-state index contributed by atoms with van der Waals surface area (Å²) in [5.41, 5.74) is 0. The van der Waals surface area contributed by atoms with Crippen LogP contribution in [-0.4, -0.2) is 23.3 Å². The third-order valence-corrected chi connectivity index (χ3v) is 3.44. The van der Waals surface area contributed by atoms with Crippen molar-refractivity contribution in [1.29, 1.82) is 0 Å². The molecule has 0 aliphatic carbocycles. The van der Waals surface area contributed by atoms with Gasteiger partial charge < -0.3 is 4.74 Å².